The van der Waals surface area contributed by atoms with Crippen LogP contribution in [-0.4, -0.2) is 11.1 Å². The van der Waals surface area contributed by atoms with Gasteiger partial charge in [0.1, 0.15) is 0 Å². The van der Waals surface area contributed by atoms with Crippen molar-refractivity contribution >= 4 is 5.97 Å². The molecule has 0 aliphatic rings. The molecule has 2 heteroatoms. The number of rotatable bonds is 16. The second-order valence-corrected chi connectivity index (χ2v) is 6.08. The second-order valence-electron chi connectivity index (χ2n) is 6.08. The summed E-state index contributed by atoms with van der Waals surface area (Å²) in [6.07, 6.45) is 30.2. The van der Waals surface area contributed by atoms with Gasteiger partial charge in [-0.2, -0.15) is 0 Å². The lowest BCUT2D eigenvalue weighted by molar-refractivity contribution is -0.137. The quantitative estimate of drug-likeness (QED) is 0.244. The predicted octanol–water partition coefficient (Wildman–Crippen LogP) is 7.00. The molecular formula is C22H36O2. The molecule has 0 fully saturated rings. The molecule has 0 aromatic heterocycles. The maximum Gasteiger partial charge on any atom is 0.303 e. The zero-order valence-electron chi connectivity index (χ0n) is 15.5. The first-order valence-electron chi connectivity index (χ1n) is 9.59. The number of hydrogen-bond donors (Lipinski definition) is 1. The number of allylic oxidation sites excluding steroid dienone is 8. The normalized spacial score (nSPS) is 12.4. The average Bonchev–Trinajstić information content (AvgIpc) is 2.56. The van der Waals surface area contributed by atoms with Crippen molar-refractivity contribution < 1.29 is 9.90 Å². The van der Waals surface area contributed by atoms with Crippen LogP contribution in [0, 0.1) is 0 Å². The molecule has 0 aromatic rings. The van der Waals surface area contributed by atoms with Crippen molar-refractivity contribution in [3.8, 4) is 0 Å². The van der Waals surface area contributed by atoms with E-state index in [1.165, 1.54) is 25.7 Å². The molecule has 0 amide bonds. The molecule has 0 spiro atoms. The third kappa shape index (κ3) is 20.4. The monoisotopic (exact) mass is 332 g/mol. The van der Waals surface area contributed by atoms with Crippen LogP contribution in [0.1, 0.15) is 84.0 Å². The lowest BCUT2D eigenvalue weighted by Gasteiger charge is -1.94. The maximum absolute atomic E-state index is 10.4. The molecule has 0 bridgehead atoms. The van der Waals surface area contributed by atoms with E-state index in [0.29, 0.717) is 6.42 Å². The first kappa shape index (κ1) is 22.4. The number of hydrogen-bond acceptors (Lipinski definition) is 1. The third-order valence-electron chi connectivity index (χ3n) is 3.72. The van der Waals surface area contributed by atoms with Crippen molar-refractivity contribution in [3.63, 3.8) is 0 Å². The van der Waals surface area contributed by atoms with E-state index in [-0.39, 0.29) is 0 Å². The summed E-state index contributed by atoms with van der Waals surface area (Å²) in [6, 6.07) is 0. The summed E-state index contributed by atoms with van der Waals surface area (Å²) in [5.41, 5.74) is 0. The van der Waals surface area contributed by atoms with Crippen LogP contribution in [0.15, 0.2) is 48.6 Å². The van der Waals surface area contributed by atoms with E-state index in [2.05, 4.69) is 55.5 Å². The fourth-order valence-electron chi connectivity index (χ4n) is 2.28. The van der Waals surface area contributed by atoms with Crippen molar-refractivity contribution in [1.29, 1.82) is 0 Å². The molecule has 0 rings (SSSR count). The van der Waals surface area contributed by atoms with Crippen LogP contribution in [0.3, 0.4) is 0 Å². The van der Waals surface area contributed by atoms with E-state index < -0.39 is 5.97 Å². The molecule has 136 valence electrons. The molecule has 0 saturated carbocycles. The van der Waals surface area contributed by atoms with Gasteiger partial charge >= 0.3 is 5.97 Å². The minimum Gasteiger partial charge on any atom is -0.481 e. The largest absolute Gasteiger partial charge is 0.481 e. The number of carboxylic acids is 1. The lowest BCUT2D eigenvalue weighted by Crippen LogP contribution is -1.93. The molecule has 24 heavy (non-hydrogen) atoms. The molecule has 0 saturated heterocycles. The van der Waals surface area contributed by atoms with Crippen LogP contribution < -0.4 is 0 Å². The molecule has 0 aromatic carbocycles. The maximum atomic E-state index is 10.4. The second kappa shape index (κ2) is 19.5. The fourth-order valence-corrected chi connectivity index (χ4v) is 2.28. The van der Waals surface area contributed by atoms with Crippen molar-refractivity contribution in [3.05, 3.63) is 48.6 Å². The molecular weight excluding hydrogens is 296 g/mol. The summed E-state index contributed by atoms with van der Waals surface area (Å²) in [5.74, 6) is -0.687. The van der Waals surface area contributed by atoms with E-state index in [1.54, 1.807) is 0 Å². The Kier molecular flexibility index (Phi) is 18.2. The fraction of sp³-hybridized carbons (Fsp3) is 0.591. The average molecular weight is 333 g/mol. The molecule has 0 unspecified atom stereocenters. The zero-order valence-corrected chi connectivity index (χ0v) is 15.5. The lowest BCUT2D eigenvalue weighted by atomic mass is 10.1. The summed E-state index contributed by atoms with van der Waals surface area (Å²) in [4.78, 5) is 10.4. The SMILES string of the molecule is CCCCC/C=C\C/C=C/C/C=C\C/C=C\CCCCCC(=O)O. The van der Waals surface area contributed by atoms with Gasteiger partial charge < -0.3 is 5.11 Å². The van der Waals surface area contributed by atoms with Crippen LogP contribution in [0.25, 0.3) is 0 Å². The van der Waals surface area contributed by atoms with Gasteiger partial charge in [-0.1, -0.05) is 74.8 Å². The van der Waals surface area contributed by atoms with Gasteiger partial charge in [0.2, 0.25) is 0 Å². The van der Waals surface area contributed by atoms with Crippen LogP contribution >= 0.6 is 0 Å². The number of carbonyl (C=O) groups is 1. The third-order valence-corrected chi connectivity index (χ3v) is 3.72. The van der Waals surface area contributed by atoms with Crippen molar-refractivity contribution in [2.24, 2.45) is 0 Å². The van der Waals surface area contributed by atoms with Crippen LogP contribution in [-0.2, 0) is 4.79 Å². The number of carboxylic acid groups (broad SMARTS) is 1. The smallest absolute Gasteiger partial charge is 0.303 e. The van der Waals surface area contributed by atoms with E-state index in [4.69, 9.17) is 5.11 Å². The summed E-state index contributed by atoms with van der Waals surface area (Å²) < 4.78 is 0. The first-order valence-corrected chi connectivity index (χ1v) is 9.59. The molecule has 0 aliphatic carbocycles. The van der Waals surface area contributed by atoms with Crippen molar-refractivity contribution in [2.45, 2.75) is 84.0 Å². The van der Waals surface area contributed by atoms with Gasteiger partial charge in [0.15, 0.2) is 0 Å². The van der Waals surface area contributed by atoms with E-state index >= 15 is 0 Å². The highest BCUT2D eigenvalue weighted by molar-refractivity contribution is 5.66. The van der Waals surface area contributed by atoms with Crippen LogP contribution in [0.4, 0.5) is 0 Å². The standard InChI is InChI=1S/C22H36O2/c1-2-3-4-5-6-7-8-9-10-11-12-13-14-15-16-17-18-19-20-21-22(23)24/h6-7,9-10,12-13,15-16H,2-5,8,11,14,17-21H2,1H3,(H,23,24)/b7-6-,10-9+,13-12-,16-15-. The molecule has 0 atom stereocenters. The summed E-state index contributed by atoms with van der Waals surface area (Å²) in [5, 5.41) is 8.53. The first-order chi connectivity index (χ1) is 11.8. The molecule has 2 nitrogen and oxygen atoms in total. The minimum absolute atomic E-state index is 0.300. The number of unbranched alkanes of at least 4 members (excludes halogenated alkanes) is 6. The van der Waals surface area contributed by atoms with Gasteiger partial charge in [0.25, 0.3) is 0 Å². The topological polar surface area (TPSA) is 37.3 Å². The Balaban J connectivity index is 3.37. The van der Waals surface area contributed by atoms with Crippen LogP contribution in [0.2, 0.25) is 0 Å². The Morgan fingerprint density at radius 1 is 0.667 bits per heavy atom. The Bertz CT molecular complexity index is 389. The van der Waals surface area contributed by atoms with Gasteiger partial charge in [0.05, 0.1) is 0 Å². The Labute approximate surface area is 149 Å². The van der Waals surface area contributed by atoms with Crippen LogP contribution in [0.5, 0.6) is 0 Å². The molecule has 0 radical (unpaired) electrons. The Morgan fingerprint density at radius 2 is 1.12 bits per heavy atom. The highest BCUT2D eigenvalue weighted by Crippen LogP contribution is 2.04. The van der Waals surface area contributed by atoms with Gasteiger partial charge in [-0.15, -0.1) is 0 Å². The molecule has 0 heterocycles. The highest BCUT2D eigenvalue weighted by atomic mass is 16.4. The summed E-state index contributed by atoms with van der Waals surface area (Å²) in [7, 11) is 0. The van der Waals surface area contributed by atoms with Crippen molar-refractivity contribution in [1.82, 2.24) is 0 Å². The molecule has 1 N–H and O–H groups in total. The van der Waals surface area contributed by atoms with Gasteiger partial charge in [-0.3, -0.25) is 4.79 Å². The summed E-state index contributed by atoms with van der Waals surface area (Å²) in [6.45, 7) is 2.24. The van der Waals surface area contributed by atoms with E-state index in [0.717, 1.165) is 44.9 Å². The zero-order chi connectivity index (χ0) is 17.7. The van der Waals surface area contributed by atoms with Gasteiger partial charge in [0, 0.05) is 6.42 Å². The van der Waals surface area contributed by atoms with E-state index in [1.807, 2.05) is 0 Å². The van der Waals surface area contributed by atoms with Gasteiger partial charge in [-0.25, -0.2) is 0 Å². The Morgan fingerprint density at radius 3 is 1.58 bits per heavy atom. The van der Waals surface area contributed by atoms with Crippen molar-refractivity contribution in [2.75, 3.05) is 0 Å². The van der Waals surface area contributed by atoms with Gasteiger partial charge in [-0.05, 0) is 51.4 Å². The Hall–Kier alpha value is -1.57. The summed E-state index contributed by atoms with van der Waals surface area (Å²) >= 11 is 0. The predicted molar refractivity (Wildman–Crippen MR) is 105 cm³/mol. The minimum atomic E-state index is -0.687. The van der Waals surface area contributed by atoms with E-state index in [9.17, 15) is 4.79 Å². The number of aliphatic carboxylic acids is 1. The highest BCUT2D eigenvalue weighted by Gasteiger charge is 1.94. The molecule has 0 aliphatic heterocycles.